The molecule has 0 fully saturated rings. The van der Waals surface area contributed by atoms with Crippen LogP contribution in [0.4, 0.5) is 0 Å². The van der Waals surface area contributed by atoms with Gasteiger partial charge in [-0.25, -0.2) is 0 Å². The largest absolute Gasteiger partial charge is 0.342 e. The second kappa shape index (κ2) is 8.18. The number of carbonyl (C=O) groups is 2. The van der Waals surface area contributed by atoms with Gasteiger partial charge in [-0.3, -0.25) is 9.59 Å². The van der Waals surface area contributed by atoms with Crippen LogP contribution in [-0.4, -0.2) is 42.4 Å². The maximum absolute atomic E-state index is 13.1. The summed E-state index contributed by atoms with van der Waals surface area (Å²) in [5, 5.41) is 2.86. The minimum absolute atomic E-state index is 0.125. The lowest BCUT2D eigenvalue weighted by Crippen LogP contribution is -2.52. The van der Waals surface area contributed by atoms with Gasteiger partial charge in [0.2, 0.25) is 11.8 Å². The lowest BCUT2D eigenvalue weighted by molar-refractivity contribution is -0.135. The average Bonchev–Trinajstić information content (AvgIpc) is 2.81. The molecule has 0 saturated carbocycles. The Bertz CT molecular complexity index is 831. The number of hydrogen-bond acceptors (Lipinski definition) is 3. The Hall–Kier alpha value is -2.92. The molecule has 3 rings (SSSR count). The maximum Gasteiger partial charge on any atom is 0.246 e. The van der Waals surface area contributed by atoms with Crippen LogP contribution in [0, 0.1) is 0 Å². The predicted octanol–water partition coefficient (Wildman–Crippen LogP) is 2.16. The SMILES string of the molecule is C[C@H](N)C(=O)N[C@@H]1C(=O)N(C)CC(c2ccccc2)=C[C@@H]1c1ccccc1. The molecule has 2 amide bonds. The number of nitrogens with one attached hydrogen (secondary N) is 1. The van der Waals surface area contributed by atoms with E-state index in [1.165, 1.54) is 0 Å². The number of nitrogens with zero attached hydrogens (tertiary/aromatic N) is 1. The zero-order chi connectivity index (χ0) is 19.4. The first-order valence-corrected chi connectivity index (χ1v) is 9.09. The van der Waals surface area contributed by atoms with Crippen molar-refractivity contribution in [1.82, 2.24) is 10.2 Å². The second-order valence-corrected chi connectivity index (χ2v) is 6.96. The summed E-state index contributed by atoms with van der Waals surface area (Å²) in [5.74, 6) is -0.735. The van der Waals surface area contributed by atoms with Crippen molar-refractivity contribution in [2.24, 2.45) is 5.73 Å². The standard InChI is InChI=1S/C22H25N3O2/c1-15(23)21(26)24-20-19(17-11-7-4-8-12-17)13-18(14-25(2)22(20)27)16-9-5-3-6-10-16/h3-13,15,19-20H,14,23H2,1-2H3,(H,24,26)/t15-,19+,20-/m0/s1. The van der Waals surface area contributed by atoms with Gasteiger partial charge in [-0.15, -0.1) is 0 Å². The zero-order valence-corrected chi connectivity index (χ0v) is 15.6. The number of likely N-dealkylation sites (N-methyl/N-ethyl adjacent to an activating group) is 1. The van der Waals surface area contributed by atoms with E-state index in [-0.39, 0.29) is 17.7 Å². The van der Waals surface area contributed by atoms with Crippen molar-refractivity contribution in [2.75, 3.05) is 13.6 Å². The van der Waals surface area contributed by atoms with Crippen LogP contribution in [0.2, 0.25) is 0 Å². The van der Waals surface area contributed by atoms with E-state index in [4.69, 9.17) is 5.73 Å². The van der Waals surface area contributed by atoms with E-state index in [2.05, 4.69) is 11.4 Å². The quantitative estimate of drug-likeness (QED) is 0.874. The molecule has 0 unspecified atom stereocenters. The third kappa shape index (κ3) is 4.26. The van der Waals surface area contributed by atoms with E-state index in [1.807, 2.05) is 60.7 Å². The molecule has 0 aromatic heterocycles. The van der Waals surface area contributed by atoms with E-state index < -0.39 is 12.1 Å². The fraction of sp³-hybridized carbons (Fsp3) is 0.273. The molecule has 1 aliphatic rings. The van der Waals surface area contributed by atoms with Crippen molar-refractivity contribution in [3.05, 3.63) is 77.9 Å². The van der Waals surface area contributed by atoms with Gasteiger partial charge in [0, 0.05) is 19.5 Å². The minimum Gasteiger partial charge on any atom is -0.342 e. The van der Waals surface area contributed by atoms with Crippen LogP contribution >= 0.6 is 0 Å². The molecule has 27 heavy (non-hydrogen) atoms. The van der Waals surface area contributed by atoms with Crippen molar-refractivity contribution in [2.45, 2.75) is 24.9 Å². The summed E-state index contributed by atoms with van der Waals surface area (Å²) < 4.78 is 0. The van der Waals surface area contributed by atoms with Crippen molar-refractivity contribution in [1.29, 1.82) is 0 Å². The number of rotatable bonds is 4. The molecule has 3 atom stereocenters. The Morgan fingerprint density at radius 1 is 1.11 bits per heavy atom. The van der Waals surface area contributed by atoms with Crippen LogP contribution in [0.5, 0.6) is 0 Å². The first kappa shape index (κ1) is 18.9. The van der Waals surface area contributed by atoms with E-state index in [1.54, 1.807) is 18.9 Å². The maximum atomic E-state index is 13.1. The van der Waals surface area contributed by atoms with Gasteiger partial charge < -0.3 is 16.0 Å². The fourth-order valence-electron chi connectivity index (χ4n) is 3.33. The van der Waals surface area contributed by atoms with E-state index >= 15 is 0 Å². The third-order valence-corrected chi connectivity index (χ3v) is 4.83. The van der Waals surface area contributed by atoms with Crippen molar-refractivity contribution < 1.29 is 9.59 Å². The number of benzene rings is 2. The highest BCUT2D eigenvalue weighted by atomic mass is 16.2. The highest BCUT2D eigenvalue weighted by molar-refractivity contribution is 5.92. The van der Waals surface area contributed by atoms with Crippen LogP contribution in [0.15, 0.2) is 66.7 Å². The molecule has 5 nitrogen and oxygen atoms in total. The van der Waals surface area contributed by atoms with Crippen molar-refractivity contribution in [3.8, 4) is 0 Å². The van der Waals surface area contributed by atoms with Crippen LogP contribution in [0.25, 0.3) is 5.57 Å². The molecule has 0 spiro atoms. The molecule has 3 N–H and O–H groups in total. The Kier molecular flexibility index (Phi) is 5.72. The summed E-state index contributed by atoms with van der Waals surface area (Å²) in [6.07, 6.45) is 2.10. The van der Waals surface area contributed by atoms with Gasteiger partial charge in [-0.1, -0.05) is 66.7 Å². The van der Waals surface area contributed by atoms with Gasteiger partial charge in [0.15, 0.2) is 0 Å². The van der Waals surface area contributed by atoms with Gasteiger partial charge >= 0.3 is 0 Å². The molecule has 1 aliphatic heterocycles. The lowest BCUT2D eigenvalue weighted by Gasteiger charge is -2.27. The minimum atomic E-state index is -0.697. The third-order valence-electron chi connectivity index (χ3n) is 4.83. The number of hydrogen-bond donors (Lipinski definition) is 2. The summed E-state index contributed by atoms with van der Waals surface area (Å²) in [6, 6.07) is 18.4. The Morgan fingerprint density at radius 3 is 2.30 bits per heavy atom. The Balaban J connectivity index is 2.08. The van der Waals surface area contributed by atoms with Gasteiger partial charge in [0.1, 0.15) is 6.04 Å². The predicted molar refractivity (Wildman–Crippen MR) is 107 cm³/mol. The molecule has 5 heteroatoms. The topological polar surface area (TPSA) is 75.4 Å². The molecule has 0 saturated heterocycles. The molecule has 140 valence electrons. The van der Waals surface area contributed by atoms with Crippen LogP contribution in [0.3, 0.4) is 0 Å². The molecule has 1 heterocycles. The van der Waals surface area contributed by atoms with E-state index in [9.17, 15) is 9.59 Å². The summed E-state index contributed by atoms with van der Waals surface area (Å²) in [7, 11) is 1.76. The number of nitrogens with two attached hydrogens (primary N) is 1. The normalized spacial score (nSPS) is 21.2. The molecular formula is C22H25N3O2. The van der Waals surface area contributed by atoms with Gasteiger partial charge in [-0.2, -0.15) is 0 Å². The summed E-state index contributed by atoms with van der Waals surface area (Å²) in [5.41, 5.74) is 8.82. The molecule has 2 aromatic rings. The number of carbonyl (C=O) groups excluding carboxylic acids is 2. The second-order valence-electron chi connectivity index (χ2n) is 6.96. The van der Waals surface area contributed by atoms with Gasteiger partial charge in [0.25, 0.3) is 0 Å². The Morgan fingerprint density at radius 2 is 1.70 bits per heavy atom. The lowest BCUT2D eigenvalue weighted by atomic mass is 9.88. The van der Waals surface area contributed by atoms with Crippen LogP contribution < -0.4 is 11.1 Å². The monoisotopic (exact) mass is 363 g/mol. The first-order valence-electron chi connectivity index (χ1n) is 9.09. The average molecular weight is 363 g/mol. The highest BCUT2D eigenvalue weighted by Crippen LogP contribution is 2.30. The molecular weight excluding hydrogens is 338 g/mol. The molecule has 2 aromatic carbocycles. The summed E-state index contributed by atoms with van der Waals surface area (Å²) >= 11 is 0. The van der Waals surface area contributed by atoms with Gasteiger partial charge in [0.05, 0.1) is 6.04 Å². The fourth-order valence-corrected chi connectivity index (χ4v) is 3.33. The highest BCUT2D eigenvalue weighted by Gasteiger charge is 2.35. The molecule has 0 radical (unpaired) electrons. The summed E-state index contributed by atoms with van der Waals surface area (Å²) in [4.78, 5) is 27.0. The summed E-state index contributed by atoms with van der Waals surface area (Å²) in [6.45, 7) is 2.10. The van der Waals surface area contributed by atoms with Crippen LogP contribution in [0.1, 0.15) is 24.0 Å². The van der Waals surface area contributed by atoms with Crippen molar-refractivity contribution >= 4 is 17.4 Å². The van der Waals surface area contributed by atoms with E-state index in [0.29, 0.717) is 6.54 Å². The zero-order valence-electron chi connectivity index (χ0n) is 15.6. The first-order chi connectivity index (χ1) is 13.0. The Labute approximate surface area is 159 Å². The smallest absolute Gasteiger partial charge is 0.246 e. The number of amides is 2. The molecule has 0 bridgehead atoms. The molecule has 0 aliphatic carbocycles. The van der Waals surface area contributed by atoms with Gasteiger partial charge in [-0.05, 0) is 23.6 Å². The van der Waals surface area contributed by atoms with Crippen molar-refractivity contribution in [3.63, 3.8) is 0 Å². The van der Waals surface area contributed by atoms with Crippen LogP contribution in [-0.2, 0) is 9.59 Å². The van der Waals surface area contributed by atoms with E-state index in [0.717, 1.165) is 16.7 Å².